The second kappa shape index (κ2) is 8.70. The van der Waals surface area contributed by atoms with Crippen molar-refractivity contribution in [2.75, 3.05) is 5.32 Å². The Balaban J connectivity index is 1.77. The van der Waals surface area contributed by atoms with Gasteiger partial charge in [-0.1, -0.05) is 49.3 Å². The lowest BCUT2D eigenvalue weighted by Gasteiger charge is -2.08. The van der Waals surface area contributed by atoms with E-state index in [0.29, 0.717) is 10.5 Å². The Morgan fingerprint density at radius 3 is 2.64 bits per heavy atom. The molecule has 2 heterocycles. The average molecular weight is 400 g/mol. The molecule has 0 fully saturated rings. The van der Waals surface area contributed by atoms with Crippen molar-refractivity contribution in [2.45, 2.75) is 39.2 Å². The van der Waals surface area contributed by atoms with Gasteiger partial charge >= 0.3 is 0 Å². The number of nitrogens with one attached hydrogen (secondary N) is 1. The number of hydrogen-bond donors (Lipinski definition) is 2. The largest absolute Gasteiger partial charge is 0.364 e. The van der Waals surface area contributed by atoms with Crippen molar-refractivity contribution in [1.29, 1.82) is 0 Å². The number of aromatic nitrogens is 4. The zero-order valence-electron chi connectivity index (χ0n) is 15.3. The second-order valence-corrected chi connectivity index (χ2v) is 7.29. The van der Waals surface area contributed by atoms with Gasteiger partial charge in [0.15, 0.2) is 5.69 Å². The van der Waals surface area contributed by atoms with E-state index in [4.69, 9.17) is 5.73 Å². The number of fused-ring (bicyclic) bond motifs is 1. The summed E-state index contributed by atoms with van der Waals surface area (Å²) in [7, 11) is 0. The quantitative estimate of drug-likeness (QED) is 0.553. The van der Waals surface area contributed by atoms with E-state index in [1.807, 2.05) is 0 Å². The Kier molecular flexibility index (Phi) is 6.09. The summed E-state index contributed by atoms with van der Waals surface area (Å²) in [6.07, 6.45) is 4.06. The molecule has 0 aliphatic carbocycles. The first-order valence-corrected chi connectivity index (χ1v) is 9.73. The minimum atomic E-state index is -0.772. The van der Waals surface area contributed by atoms with E-state index in [0.717, 1.165) is 35.4 Å². The Bertz CT molecular complexity index is 1070. The number of anilines is 1. The van der Waals surface area contributed by atoms with Crippen LogP contribution in [0.2, 0.25) is 0 Å². The van der Waals surface area contributed by atoms with Crippen molar-refractivity contribution in [3.63, 3.8) is 0 Å². The molecule has 0 aliphatic rings. The third-order valence-corrected chi connectivity index (χ3v) is 5.00. The van der Waals surface area contributed by atoms with Crippen LogP contribution >= 0.6 is 11.3 Å². The maximum Gasteiger partial charge on any atom is 0.275 e. The number of aryl methyl sites for hydroxylation is 1. The molecule has 3 rings (SSSR count). The predicted octanol–water partition coefficient (Wildman–Crippen LogP) is 1.72. The van der Waals surface area contributed by atoms with E-state index in [9.17, 15) is 14.4 Å². The lowest BCUT2D eigenvalue weighted by atomic mass is 10.1. The first-order valence-electron chi connectivity index (χ1n) is 8.91. The van der Waals surface area contributed by atoms with Crippen LogP contribution in [0.4, 0.5) is 5.13 Å². The van der Waals surface area contributed by atoms with Gasteiger partial charge in [0.1, 0.15) is 11.6 Å². The Labute approximate surface area is 164 Å². The number of benzene rings is 1. The second-order valence-electron chi connectivity index (χ2n) is 6.23. The average Bonchev–Trinajstić information content (AvgIpc) is 3.11. The number of amides is 2. The van der Waals surface area contributed by atoms with Gasteiger partial charge in [-0.15, -0.1) is 10.2 Å². The van der Waals surface area contributed by atoms with Gasteiger partial charge in [-0.25, -0.2) is 4.68 Å². The fourth-order valence-corrected chi connectivity index (χ4v) is 3.55. The third kappa shape index (κ3) is 4.39. The van der Waals surface area contributed by atoms with Crippen molar-refractivity contribution in [3.8, 4) is 0 Å². The van der Waals surface area contributed by atoms with Gasteiger partial charge in [0.25, 0.3) is 11.5 Å². The summed E-state index contributed by atoms with van der Waals surface area (Å²) >= 11 is 1.30. The molecule has 2 aromatic heterocycles. The highest BCUT2D eigenvalue weighted by Gasteiger charge is 2.16. The zero-order valence-corrected chi connectivity index (χ0v) is 16.2. The van der Waals surface area contributed by atoms with Crippen LogP contribution in [-0.2, 0) is 17.8 Å². The summed E-state index contributed by atoms with van der Waals surface area (Å²) in [6.45, 7) is 1.76. The van der Waals surface area contributed by atoms with Crippen LogP contribution in [-0.4, -0.2) is 31.8 Å². The fourth-order valence-electron chi connectivity index (χ4n) is 2.75. The summed E-state index contributed by atoms with van der Waals surface area (Å²) in [6, 6.07) is 6.50. The molecule has 0 unspecified atom stereocenters. The molecule has 146 valence electrons. The number of nitrogens with two attached hydrogens (primary N) is 1. The minimum Gasteiger partial charge on any atom is -0.364 e. The predicted molar refractivity (Wildman–Crippen MR) is 106 cm³/mol. The number of nitrogens with zero attached hydrogens (tertiary/aromatic N) is 4. The van der Waals surface area contributed by atoms with Gasteiger partial charge in [-0.2, -0.15) is 5.10 Å². The normalized spacial score (nSPS) is 10.9. The number of carbonyl (C=O) groups is 2. The fraction of sp³-hybridized carbons (Fsp3) is 0.333. The van der Waals surface area contributed by atoms with Gasteiger partial charge in [-0.05, 0) is 12.5 Å². The molecular formula is C18H20N6O3S. The van der Waals surface area contributed by atoms with E-state index >= 15 is 0 Å². The van der Waals surface area contributed by atoms with E-state index in [2.05, 4.69) is 27.5 Å². The van der Waals surface area contributed by atoms with Crippen LogP contribution in [0.1, 0.15) is 41.7 Å². The Morgan fingerprint density at radius 2 is 1.93 bits per heavy atom. The van der Waals surface area contributed by atoms with E-state index in [1.165, 1.54) is 11.3 Å². The van der Waals surface area contributed by atoms with Crippen LogP contribution in [0.5, 0.6) is 0 Å². The Hall–Kier alpha value is -3.14. The maximum atomic E-state index is 12.6. The molecule has 1 aromatic carbocycles. The molecule has 0 bridgehead atoms. The molecule has 0 saturated carbocycles. The minimum absolute atomic E-state index is 0.0582. The van der Waals surface area contributed by atoms with Crippen molar-refractivity contribution in [3.05, 3.63) is 45.3 Å². The molecule has 0 saturated heterocycles. The lowest BCUT2D eigenvalue weighted by molar-refractivity contribution is -0.117. The summed E-state index contributed by atoms with van der Waals surface area (Å²) < 4.78 is 0.932. The van der Waals surface area contributed by atoms with Crippen LogP contribution in [0, 0.1) is 0 Å². The van der Waals surface area contributed by atoms with Gasteiger partial charge in [-0.3, -0.25) is 19.7 Å². The van der Waals surface area contributed by atoms with Crippen LogP contribution in [0.3, 0.4) is 0 Å². The van der Waals surface area contributed by atoms with Gasteiger partial charge in [0.2, 0.25) is 11.0 Å². The number of hydrogen-bond acceptors (Lipinski definition) is 7. The molecule has 10 heteroatoms. The van der Waals surface area contributed by atoms with Gasteiger partial charge in [0, 0.05) is 11.8 Å². The van der Waals surface area contributed by atoms with Crippen molar-refractivity contribution >= 4 is 39.1 Å². The van der Waals surface area contributed by atoms with Gasteiger partial charge in [0.05, 0.1) is 5.39 Å². The highest BCUT2D eigenvalue weighted by Crippen LogP contribution is 2.17. The maximum absolute atomic E-state index is 12.6. The number of primary amides is 1. The first kappa shape index (κ1) is 19.6. The molecule has 9 nitrogen and oxygen atoms in total. The standard InChI is InChI=1S/C18H20N6O3S/c1-2-3-4-9-14-21-22-18(28-14)20-13(25)10-24-17(27)12-8-6-5-7-11(12)15(23-24)16(19)26/h5-8H,2-4,9-10H2,1H3,(H2,19,26)(H,20,22,25). The molecular weight excluding hydrogens is 380 g/mol. The highest BCUT2D eigenvalue weighted by atomic mass is 32.1. The van der Waals surface area contributed by atoms with E-state index < -0.39 is 17.4 Å². The van der Waals surface area contributed by atoms with Gasteiger partial charge < -0.3 is 5.73 Å². The highest BCUT2D eigenvalue weighted by molar-refractivity contribution is 7.15. The molecule has 0 spiro atoms. The molecule has 0 radical (unpaired) electrons. The van der Waals surface area contributed by atoms with Crippen molar-refractivity contribution in [1.82, 2.24) is 20.0 Å². The molecule has 0 aliphatic heterocycles. The molecule has 2 amide bonds. The van der Waals surface area contributed by atoms with Crippen LogP contribution in [0.15, 0.2) is 29.1 Å². The number of carbonyl (C=O) groups excluding carboxylic acids is 2. The summed E-state index contributed by atoms with van der Waals surface area (Å²) in [5.74, 6) is -1.26. The van der Waals surface area contributed by atoms with Crippen molar-refractivity contribution in [2.24, 2.45) is 5.73 Å². The van der Waals surface area contributed by atoms with E-state index in [1.54, 1.807) is 24.3 Å². The molecule has 28 heavy (non-hydrogen) atoms. The third-order valence-electron chi connectivity index (χ3n) is 4.10. The lowest BCUT2D eigenvalue weighted by Crippen LogP contribution is -2.32. The number of rotatable bonds is 8. The monoisotopic (exact) mass is 400 g/mol. The topological polar surface area (TPSA) is 133 Å². The number of unbranched alkanes of at least 4 members (excludes halogenated alkanes) is 2. The molecule has 3 aromatic rings. The SMILES string of the molecule is CCCCCc1nnc(NC(=O)Cn2nc(C(N)=O)c3ccccc3c2=O)s1. The summed E-state index contributed by atoms with van der Waals surface area (Å²) in [5.41, 5.74) is 4.84. The van der Waals surface area contributed by atoms with Crippen LogP contribution < -0.4 is 16.6 Å². The van der Waals surface area contributed by atoms with E-state index in [-0.39, 0.29) is 17.6 Å². The first-order chi connectivity index (χ1) is 13.5. The summed E-state index contributed by atoms with van der Waals surface area (Å²) in [4.78, 5) is 36.6. The van der Waals surface area contributed by atoms with Crippen LogP contribution in [0.25, 0.3) is 10.8 Å². The van der Waals surface area contributed by atoms with Crippen molar-refractivity contribution < 1.29 is 9.59 Å². The smallest absolute Gasteiger partial charge is 0.275 e. The molecule has 3 N–H and O–H groups in total. The zero-order chi connectivity index (χ0) is 20.1. The summed E-state index contributed by atoms with van der Waals surface area (Å²) in [5, 5.41) is 16.4. The Morgan fingerprint density at radius 1 is 1.18 bits per heavy atom. The molecule has 0 atom stereocenters.